The van der Waals surface area contributed by atoms with E-state index in [9.17, 15) is 5.11 Å². The van der Waals surface area contributed by atoms with Gasteiger partial charge in [-0.2, -0.15) is 0 Å². The van der Waals surface area contributed by atoms with Gasteiger partial charge in [0.05, 0.1) is 0 Å². The maximum Gasteiger partial charge on any atom is 0.127 e. The first kappa shape index (κ1) is 11.8. The Morgan fingerprint density at radius 3 is 2.26 bits per heavy atom. The maximum absolute atomic E-state index is 10.5. The molecule has 0 heterocycles. The highest BCUT2D eigenvalue weighted by Crippen LogP contribution is 2.36. The topological polar surface area (TPSA) is 20.2 Å². The molecule has 3 rings (SSSR count). The number of hydrogen-bond donors (Lipinski definition) is 1. The van der Waals surface area contributed by atoms with Crippen LogP contribution < -0.4 is 0 Å². The molecule has 94 valence electrons. The first-order valence-electron chi connectivity index (χ1n) is 6.53. The SMILES string of the molecule is C[C@@H](c1ccccc1)c1ccc2ccccc2c1O. The third-order valence-corrected chi connectivity index (χ3v) is 3.70. The zero-order valence-electron chi connectivity index (χ0n) is 10.9. The Balaban J connectivity index is 2.13. The Bertz CT molecular complexity index is 701. The van der Waals surface area contributed by atoms with Crippen LogP contribution in [-0.2, 0) is 0 Å². The summed E-state index contributed by atoms with van der Waals surface area (Å²) in [5.41, 5.74) is 2.19. The number of hydrogen-bond acceptors (Lipinski definition) is 1. The Hall–Kier alpha value is -2.28. The highest BCUT2D eigenvalue weighted by Gasteiger charge is 2.14. The standard InChI is InChI=1S/C18H16O/c1-13(14-7-3-2-4-8-14)16-12-11-15-9-5-6-10-17(15)18(16)19/h2-13,19H,1H3/t13-/m0/s1. The van der Waals surface area contributed by atoms with Crippen molar-refractivity contribution in [3.8, 4) is 5.75 Å². The van der Waals surface area contributed by atoms with Gasteiger partial charge in [0.2, 0.25) is 0 Å². The molecule has 0 aromatic heterocycles. The molecular formula is C18H16O. The molecule has 0 aliphatic heterocycles. The number of phenols is 1. The van der Waals surface area contributed by atoms with Crippen molar-refractivity contribution in [1.29, 1.82) is 0 Å². The van der Waals surface area contributed by atoms with Crippen molar-refractivity contribution in [3.05, 3.63) is 77.9 Å². The summed E-state index contributed by atoms with van der Waals surface area (Å²) in [6.07, 6.45) is 0. The lowest BCUT2D eigenvalue weighted by molar-refractivity contribution is 0.472. The van der Waals surface area contributed by atoms with Crippen molar-refractivity contribution in [2.24, 2.45) is 0 Å². The number of aromatic hydroxyl groups is 1. The number of rotatable bonds is 2. The molecule has 19 heavy (non-hydrogen) atoms. The van der Waals surface area contributed by atoms with Crippen molar-refractivity contribution in [2.75, 3.05) is 0 Å². The van der Waals surface area contributed by atoms with E-state index in [1.807, 2.05) is 48.5 Å². The van der Waals surface area contributed by atoms with Crippen LogP contribution in [0, 0.1) is 0 Å². The molecule has 0 aliphatic rings. The maximum atomic E-state index is 10.5. The van der Waals surface area contributed by atoms with E-state index in [1.165, 1.54) is 5.56 Å². The quantitative estimate of drug-likeness (QED) is 0.697. The predicted molar refractivity (Wildman–Crippen MR) is 79.6 cm³/mol. The van der Waals surface area contributed by atoms with E-state index in [0.717, 1.165) is 16.3 Å². The van der Waals surface area contributed by atoms with Crippen LogP contribution in [-0.4, -0.2) is 5.11 Å². The molecule has 0 aliphatic carbocycles. The van der Waals surface area contributed by atoms with Gasteiger partial charge < -0.3 is 5.11 Å². The summed E-state index contributed by atoms with van der Waals surface area (Å²) in [6.45, 7) is 2.12. The van der Waals surface area contributed by atoms with Gasteiger partial charge in [0.15, 0.2) is 0 Å². The molecular weight excluding hydrogens is 232 g/mol. The zero-order valence-corrected chi connectivity index (χ0v) is 10.9. The molecule has 0 saturated carbocycles. The molecule has 0 unspecified atom stereocenters. The van der Waals surface area contributed by atoms with Crippen LogP contribution in [0.4, 0.5) is 0 Å². The van der Waals surface area contributed by atoms with E-state index in [4.69, 9.17) is 0 Å². The van der Waals surface area contributed by atoms with Crippen molar-refractivity contribution < 1.29 is 5.11 Å². The average molecular weight is 248 g/mol. The number of fused-ring (bicyclic) bond motifs is 1. The molecule has 1 atom stereocenters. The monoisotopic (exact) mass is 248 g/mol. The molecule has 0 saturated heterocycles. The van der Waals surface area contributed by atoms with Crippen LogP contribution in [0.5, 0.6) is 5.75 Å². The smallest absolute Gasteiger partial charge is 0.127 e. The van der Waals surface area contributed by atoms with E-state index in [1.54, 1.807) is 0 Å². The van der Waals surface area contributed by atoms with Crippen molar-refractivity contribution >= 4 is 10.8 Å². The van der Waals surface area contributed by atoms with E-state index < -0.39 is 0 Å². The first-order chi connectivity index (χ1) is 9.27. The Labute approximate surface area is 113 Å². The summed E-state index contributed by atoms with van der Waals surface area (Å²) in [4.78, 5) is 0. The van der Waals surface area contributed by atoms with Gasteiger partial charge in [-0.15, -0.1) is 0 Å². The summed E-state index contributed by atoms with van der Waals surface area (Å²) >= 11 is 0. The van der Waals surface area contributed by atoms with Gasteiger partial charge in [-0.25, -0.2) is 0 Å². The van der Waals surface area contributed by atoms with Gasteiger partial charge in [0.25, 0.3) is 0 Å². The molecule has 1 N–H and O–H groups in total. The Morgan fingerprint density at radius 2 is 1.47 bits per heavy atom. The minimum Gasteiger partial charge on any atom is -0.507 e. The fourth-order valence-corrected chi connectivity index (χ4v) is 2.54. The van der Waals surface area contributed by atoms with Gasteiger partial charge in [0, 0.05) is 16.9 Å². The Morgan fingerprint density at radius 1 is 0.789 bits per heavy atom. The van der Waals surface area contributed by atoms with Gasteiger partial charge in [-0.3, -0.25) is 0 Å². The van der Waals surface area contributed by atoms with Gasteiger partial charge >= 0.3 is 0 Å². The van der Waals surface area contributed by atoms with E-state index in [2.05, 4.69) is 25.1 Å². The fourth-order valence-electron chi connectivity index (χ4n) is 2.54. The van der Waals surface area contributed by atoms with Crippen LogP contribution in [0.25, 0.3) is 10.8 Å². The highest BCUT2D eigenvalue weighted by atomic mass is 16.3. The summed E-state index contributed by atoms with van der Waals surface area (Å²) in [5, 5.41) is 12.5. The minimum atomic E-state index is 0.186. The minimum absolute atomic E-state index is 0.186. The van der Waals surface area contributed by atoms with E-state index in [-0.39, 0.29) is 5.92 Å². The van der Waals surface area contributed by atoms with Gasteiger partial charge in [-0.1, -0.05) is 73.7 Å². The molecule has 1 nitrogen and oxygen atoms in total. The second-order valence-electron chi connectivity index (χ2n) is 4.86. The lowest BCUT2D eigenvalue weighted by Crippen LogP contribution is -1.96. The molecule has 0 radical (unpaired) electrons. The molecule has 0 fully saturated rings. The predicted octanol–water partition coefficient (Wildman–Crippen LogP) is 4.70. The van der Waals surface area contributed by atoms with Crippen molar-refractivity contribution in [1.82, 2.24) is 0 Å². The molecule has 0 amide bonds. The summed E-state index contributed by atoms with van der Waals surface area (Å²) < 4.78 is 0. The van der Waals surface area contributed by atoms with Gasteiger partial charge in [0.1, 0.15) is 5.75 Å². The second kappa shape index (κ2) is 4.77. The average Bonchev–Trinajstić information content (AvgIpc) is 2.48. The third kappa shape index (κ3) is 2.08. The molecule has 0 bridgehead atoms. The molecule has 3 aromatic carbocycles. The van der Waals surface area contributed by atoms with Crippen LogP contribution >= 0.6 is 0 Å². The summed E-state index contributed by atoms with van der Waals surface area (Å²) in [5.74, 6) is 0.584. The fraction of sp³-hybridized carbons (Fsp3) is 0.111. The van der Waals surface area contributed by atoms with E-state index in [0.29, 0.717) is 5.75 Å². The van der Waals surface area contributed by atoms with Crippen molar-refractivity contribution in [2.45, 2.75) is 12.8 Å². The van der Waals surface area contributed by atoms with Crippen LogP contribution in [0.15, 0.2) is 66.7 Å². The number of benzene rings is 3. The molecule has 0 spiro atoms. The molecule has 3 aromatic rings. The third-order valence-electron chi connectivity index (χ3n) is 3.70. The normalized spacial score (nSPS) is 12.5. The van der Waals surface area contributed by atoms with Crippen LogP contribution in [0.2, 0.25) is 0 Å². The van der Waals surface area contributed by atoms with E-state index >= 15 is 0 Å². The Kier molecular flexibility index (Phi) is 2.96. The van der Waals surface area contributed by atoms with Crippen LogP contribution in [0.1, 0.15) is 24.0 Å². The van der Waals surface area contributed by atoms with Crippen LogP contribution in [0.3, 0.4) is 0 Å². The first-order valence-corrected chi connectivity index (χ1v) is 6.53. The highest BCUT2D eigenvalue weighted by molar-refractivity contribution is 5.89. The number of phenolic OH excluding ortho intramolecular Hbond substituents is 1. The zero-order chi connectivity index (χ0) is 13.2. The van der Waals surface area contributed by atoms with Crippen molar-refractivity contribution in [3.63, 3.8) is 0 Å². The lowest BCUT2D eigenvalue weighted by Gasteiger charge is -2.15. The van der Waals surface area contributed by atoms with Gasteiger partial charge in [-0.05, 0) is 10.9 Å². The summed E-state index contributed by atoms with van der Waals surface area (Å²) in [6, 6.07) is 22.3. The lowest BCUT2D eigenvalue weighted by atomic mass is 9.90. The largest absolute Gasteiger partial charge is 0.507 e. The molecule has 1 heteroatoms. The summed E-state index contributed by atoms with van der Waals surface area (Å²) in [7, 11) is 0. The second-order valence-corrected chi connectivity index (χ2v) is 4.86.